The van der Waals surface area contributed by atoms with Gasteiger partial charge in [-0.2, -0.15) is 5.26 Å². The van der Waals surface area contributed by atoms with E-state index in [1.165, 1.54) is 6.42 Å². The first-order valence-electron chi connectivity index (χ1n) is 11.2. The van der Waals surface area contributed by atoms with Crippen LogP contribution >= 0.6 is 0 Å². The summed E-state index contributed by atoms with van der Waals surface area (Å²) in [5.74, 6) is 1.44. The lowest BCUT2D eigenvalue weighted by atomic mass is 9.95. The first-order chi connectivity index (χ1) is 16.1. The fourth-order valence-electron chi connectivity index (χ4n) is 3.94. The Bertz CT molecular complexity index is 1150. The molecule has 168 valence electrons. The molecule has 4 rings (SSSR count). The van der Waals surface area contributed by atoms with Crippen molar-refractivity contribution in [3.8, 4) is 23.3 Å². The van der Waals surface area contributed by atoms with Crippen molar-refractivity contribution in [2.75, 3.05) is 5.73 Å². The molecule has 0 spiro atoms. The summed E-state index contributed by atoms with van der Waals surface area (Å²) in [4.78, 5) is 13.0. The van der Waals surface area contributed by atoms with E-state index in [-0.39, 0.29) is 11.9 Å². The fraction of sp³-hybridized carbons (Fsp3) is 0.259. The molecule has 1 fully saturated rings. The van der Waals surface area contributed by atoms with Gasteiger partial charge in [0.2, 0.25) is 0 Å². The smallest absolute Gasteiger partial charge is 0.251 e. The number of nitrogens with one attached hydrogen (secondary N) is 1. The second-order valence-electron chi connectivity index (χ2n) is 8.27. The summed E-state index contributed by atoms with van der Waals surface area (Å²) in [6.07, 6.45) is 5.52. The van der Waals surface area contributed by atoms with E-state index in [9.17, 15) is 4.79 Å². The average molecular weight is 442 g/mol. The molecule has 1 saturated carbocycles. The van der Waals surface area contributed by atoms with Crippen LogP contribution in [0.5, 0.6) is 17.2 Å². The Morgan fingerprint density at radius 2 is 1.73 bits per heavy atom. The van der Waals surface area contributed by atoms with Crippen LogP contribution in [0.2, 0.25) is 0 Å². The highest BCUT2D eigenvalue weighted by molar-refractivity contribution is 5.95. The molecule has 3 aromatic rings. The number of carbonyl (C=O) groups excluding carboxylic acids is 1. The van der Waals surface area contributed by atoms with E-state index in [0.717, 1.165) is 31.2 Å². The number of carbonyl (C=O) groups is 1. The van der Waals surface area contributed by atoms with E-state index in [4.69, 9.17) is 20.5 Å². The Labute approximate surface area is 193 Å². The minimum absolute atomic E-state index is 0.138. The topological polar surface area (TPSA) is 97.4 Å². The number of benzene rings is 3. The van der Waals surface area contributed by atoms with E-state index < -0.39 is 0 Å². The molecule has 1 aliphatic rings. The highest BCUT2D eigenvalue weighted by Gasteiger charge is 2.18. The van der Waals surface area contributed by atoms with Crippen LogP contribution in [-0.2, 0) is 6.61 Å². The molecule has 0 unspecified atom stereocenters. The van der Waals surface area contributed by atoms with Gasteiger partial charge in [-0.3, -0.25) is 4.79 Å². The molecule has 1 aliphatic carbocycles. The van der Waals surface area contributed by atoms with Gasteiger partial charge in [-0.1, -0.05) is 31.4 Å². The molecule has 0 atom stereocenters. The summed E-state index contributed by atoms with van der Waals surface area (Å²) in [7, 11) is 0. The Morgan fingerprint density at radius 1 is 0.970 bits per heavy atom. The number of nitriles is 1. The zero-order valence-corrected chi connectivity index (χ0v) is 18.4. The molecular weight excluding hydrogens is 414 g/mol. The van der Waals surface area contributed by atoms with Crippen LogP contribution in [0.3, 0.4) is 0 Å². The van der Waals surface area contributed by atoms with Crippen LogP contribution < -0.4 is 20.5 Å². The van der Waals surface area contributed by atoms with Crippen molar-refractivity contribution in [3.05, 3.63) is 83.4 Å². The number of rotatable bonds is 7. The van der Waals surface area contributed by atoms with Crippen LogP contribution in [0, 0.1) is 11.3 Å². The molecular formula is C27H27N3O3. The lowest BCUT2D eigenvalue weighted by Crippen LogP contribution is -2.36. The molecule has 0 radical (unpaired) electrons. The Balaban J connectivity index is 1.55. The van der Waals surface area contributed by atoms with Gasteiger partial charge in [0, 0.05) is 23.4 Å². The second-order valence-corrected chi connectivity index (χ2v) is 8.27. The third-order valence-corrected chi connectivity index (χ3v) is 5.66. The van der Waals surface area contributed by atoms with Crippen molar-refractivity contribution in [1.29, 1.82) is 5.26 Å². The number of anilines is 1. The van der Waals surface area contributed by atoms with Gasteiger partial charge in [-0.05, 0) is 66.9 Å². The quantitative estimate of drug-likeness (QED) is 0.467. The molecule has 0 aromatic heterocycles. The van der Waals surface area contributed by atoms with Crippen LogP contribution in [0.25, 0.3) is 0 Å². The van der Waals surface area contributed by atoms with Crippen molar-refractivity contribution >= 4 is 11.6 Å². The van der Waals surface area contributed by atoms with Gasteiger partial charge in [0.1, 0.15) is 23.9 Å². The maximum atomic E-state index is 13.0. The summed E-state index contributed by atoms with van der Waals surface area (Å²) in [5.41, 5.74) is 8.49. The summed E-state index contributed by atoms with van der Waals surface area (Å²) >= 11 is 0. The normalized spacial score (nSPS) is 13.7. The zero-order chi connectivity index (χ0) is 23.0. The Kier molecular flexibility index (Phi) is 7.11. The molecule has 6 heteroatoms. The van der Waals surface area contributed by atoms with Gasteiger partial charge >= 0.3 is 0 Å². The average Bonchev–Trinajstić information content (AvgIpc) is 2.84. The molecule has 33 heavy (non-hydrogen) atoms. The number of ether oxygens (including phenoxy) is 2. The first-order valence-corrected chi connectivity index (χ1v) is 11.2. The van der Waals surface area contributed by atoms with Crippen LogP contribution in [-0.4, -0.2) is 11.9 Å². The van der Waals surface area contributed by atoms with E-state index in [1.54, 1.807) is 42.5 Å². The lowest BCUT2D eigenvalue weighted by molar-refractivity contribution is 0.0927. The fourth-order valence-corrected chi connectivity index (χ4v) is 3.94. The SMILES string of the molecule is N#Cc1ccc(Oc2cc(OCc3cccc(N)c3)cc(C(=O)NC3CCCCC3)c2)cc1. The molecule has 0 aliphatic heterocycles. The summed E-state index contributed by atoms with van der Waals surface area (Å²) in [6, 6.07) is 21.8. The van der Waals surface area contributed by atoms with Gasteiger partial charge < -0.3 is 20.5 Å². The molecule has 0 heterocycles. The predicted molar refractivity (Wildman–Crippen MR) is 127 cm³/mol. The van der Waals surface area contributed by atoms with E-state index in [2.05, 4.69) is 11.4 Å². The van der Waals surface area contributed by atoms with Gasteiger partial charge in [0.05, 0.1) is 11.6 Å². The summed E-state index contributed by atoms with van der Waals surface area (Å²) in [5, 5.41) is 12.1. The highest BCUT2D eigenvalue weighted by Crippen LogP contribution is 2.29. The standard InChI is InChI=1S/C27H27N3O3/c28-17-19-9-11-24(12-10-19)33-26-15-21(27(31)30-23-7-2-1-3-8-23)14-25(16-26)32-18-20-5-4-6-22(29)13-20/h4-6,9-16,23H,1-3,7-8,18,29H2,(H,30,31). The maximum absolute atomic E-state index is 13.0. The third-order valence-electron chi connectivity index (χ3n) is 5.66. The van der Waals surface area contributed by atoms with Crippen molar-refractivity contribution < 1.29 is 14.3 Å². The minimum Gasteiger partial charge on any atom is -0.489 e. The van der Waals surface area contributed by atoms with Crippen LogP contribution in [0.15, 0.2) is 66.7 Å². The number of nitrogens with zero attached hydrogens (tertiary/aromatic N) is 1. The predicted octanol–water partition coefficient (Wildman–Crippen LogP) is 5.57. The number of hydrogen-bond donors (Lipinski definition) is 2. The first kappa shape index (κ1) is 22.2. The third kappa shape index (κ3) is 6.27. The van der Waals surface area contributed by atoms with Gasteiger partial charge in [-0.15, -0.1) is 0 Å². The van der Waals surface area contributed by atoms with Crippen LogP contribution in [0.1, 0.15) is 53.6 Å². The van der Waals surface area contributed by atoms with E-state index >= 15 is 0 Å². The van der Waals surface area contributed by atoms with Gasteiger partial charge in [-0.25, -0.2) is 0 Å². The molecule has 0 bridgehead atoms. The molecule has 3 aromatic carbocycles. The molecule has 6 nitrogen and oxygen atoms in total. The van der Waals surface area contributed by atoms with Crippen molar-refractivity contribution in [1.82, 2.24) is 5.32 Å². The number of amides is 1. The van der Waals surface area contributed by atoms with Crippen molar-refractivity contribution in [2.24, 2.45) is 0 Å². The van der Waals surface area contributed by atoms with E-state index in [1.807, 2.05) is 24.3 Å². The zero-order valence-electron chi connectivity index (χ0n) is 18.4. The largest absolute Gasteiger partial charge is 0.489 e. The molecule has 1 amide bonds. The van der Waals surface area contributed by atoms with Crippen LogP contribution in [0.4, 0.5) is 5.69 Å². The van der Waals surface area contributed by atoms with Gasteiger partial charge in [0.25, 0.3) is 5.91 Å². The van der Waals surface area contributed by atoms with Gasteiger partial charge in [0.15, 0.2) is 0 Å². The van der Waals surface area contributed by atoms with Crippen molar-refractivity contribution in [2.45, 2.75) is 44.8 Å². The van der Waals surface area contributed by atoms with Crippen molar-refractivity contribution in [3.63, 3.8) is 0 Å². The minimum atomic E-state index is -0.138. The van der Waals surface area contributed by atoms with E-state index in [0.29, 0.717) is 40.7 Å². The maximum Gasteiger partial charge on any atom is 0.251 e. The number of nitrogens with two attached hydrogens (primary N) is 1. The number of nitrogen functional groups attached to an aromatic ring is 1. The number of hydrogen-bond acceptors (Lipinski definition) is 5. The Hall–Kier alpha value is -3.98. The monoisotopic (exact) mass is 441 g/mol. The highest BCUT2D eigenvalue weighted by atomic mass is 16.5. The molecule has 0 saturated heterocycles. The molecule has 3 N–H and O–H groups in total. The second kappa shape index (κ2) is 10.6. The summed E-state index contributed by atoms with van der Waals surface area (Å²) in [6.45, 7) is 0.315. The summed E-state index contributed by atoms with van der Waals surface area (Å²) < 4.78 is 12.0. The Morgan fingerprint density at radius 3 is 2.45 bits per heavy atom. The lowest BCUT2D eigenvalue weighted by Gasteiger charge is -2.23.